The van der Waals surface area contributed by atoms with Gasteiger partial charge in [0.15, 0.2) is 0 Å². The first-order valence-electron chi connectivity index (χ1n) is 6.60. The number of aromatic nitrogens is 1. The largest absolute Gasteiger partial charge is 0.353 e. The molecule has 0 bridgehead atoms. The summed E-state index contributed by atoms with van der Waals surface area (Å²) >= 11 is 0. The van der Waals surface area contributed by atoms with Crippen molar-refractivity contribution in [2.24, 2.45) is 0 Å². The molecule has 1 aliphatic rings. The molecule has 0 aromatic carbocycles. The summed E-state index contributed by atoms with van der Waals surface area (Å²) in [5.74, 6) is -0.0361. The quantitative estimate of drug-likeness (QED) is 0.850. The zero-order chi connectivity index (χ0) is 13.0. The standard InChI is InChI=1S/C14H21N3O/c1-10-8-13(5-7-16-10)17-14(18)11(2)12-4-3-6-15-9-12/h3-4,6,9-11,13,16H,5,7-8H2,1-2H3,(H,17,18). The molecule has 2 heterocycles. The molecule has 18 heavy (non-hydrogen) atoms. The van der Waals surface area contributed by atoms with Crippen LogP contribution in [0, 0.1) is 0 Å². The molecule has 2 N–H and O–H groups in total. The van der Waals surface area contributed by atoms with Gasteiger partial charge in [0.2, 0.25) is 5.91 Å². The van der Waals surface area contributed by atoms with Crippen molar-refractivity contribution in [3.8, 4) is 0 Å². The molecule has 0 aliphatic carbocycles. The molecular weight excluding hydrogens is 226 g/mol. The van der Waals surface area contributed by atoms with E-state index in [0.29, 0.717) is 12.1 Å². The van der Waals surface area contributed by atoms with Crippen molar-refractivity contribution in [2.45, 2.75) is 44.7 Å². The highest BCUT2D eigenvalue weighted by atomic mass is 16.1. The third-order valence-electron chi connectivity index (χ3n) is 3.55. The molecule has 1 aromatic heterocycles. The average molecular weight is 247 g/mol. The van der Waals surface area contributed by atoms with Gasteiger partial charge in [-0.1, -0.05) is 6.07 Å². The molecule has 1 aromatic rings. The number of rotatable bonds is 3. The third kappa shape index (κ3) is 3.29. The van der Waals surface area contributed by atoms with Crippen molar-refractivity contribution in [1.29, 1.82) is 0 Å². The Morgan fingerprint density at radius 2 is 2.44 bits per heavy atom. The monoisotopic (exact) mass is 247 g/mol. The van der Waals surface area contributed by atoms with Crippen LogP contribution in [0.5, 0.6) is 0 Å². The summed E-state index contributed by atoms with van der Waals surface area (Å²) in [7, 11) is 0. The first-order chi connectivity index (χ1) is 8.66. The Balaban J connectivity index is 1.91. The van der Waals surface area contributed by atoms with Crippen LogP contribution in [0.15, 0.2) is 24.5 Å². The van der Waals surface area contributed by atoms with Gasteiger partial charge in [-0.2, -0.15) is 0 Å². The van der Waals surface area contributed by atoms with Crippen LogP contribution in [0.1, 0.15) is 38.2 Å². The van der Waals surface area contributed by atoms with Crippen LogP contribution >= 0.6 is 0 Å². The lowest BCUT2D eigenvalue weighted by Gasteiger charge is -2.29. The van der Waals surface area contributed by atoms with E-state index in [-0.39, 0.29) is 11.8 Å². The number of piperidine rings is 1. The summed E-state index contributed by atoms with van der Waals surface area (Å²) in [5, 5.41) is 6.53. The minimum atomic E-state index is -0.135. The second kappa shape index (κ2) is 5.96. The second-order valence-corrected chi connectivity index (χ2v) is 5.09. The van der Waals surface area contributed by atoms with Crippen molar-refractivity contribution in [2.75, 3.05) is 6.54 Å². The van der Waals surface area contributed by atoms with Crippen LogP contribution < -0.4 is 10.6 Å². The molecule has 1 saturated heterocycles. The molecule has 1 fully saturated rings. The summed E-state index contributed by atoms with van der Waals surface area (Å²) in [5.41, 5.74) is 0.969. The molecule has 3 atom stereocenters. The molecule has 3 unspecified atom stereocenters. The predicted octanol–water partition coefficient (Wildman–Crippen LogP) is 1.44. The second-order valence-electron chi connectivity index (χ2n) is 5.09. The maximum Gasteiger partial charge on any atom is 0.227 e. The van der Waals surface area contributed by atoms with Crippen molar-refractivity contribution >= 4 is 5.91 Å². The lowest BCUT2D eigenvalue weighted by atomic mass is 9.98. The lowest BCUT2D eigenvalue weighted by Crippen LogP contribution is -2.47. The number of carbonyl (C=O) groups is 1. The molecule has 4 heteroatoms. The number of nitrogens with zero attached hydrogens (tertiary/aromatic N) is 1. The molecular formula is C14H21N3O. The first kappa shape index (κ1) is 13.0. The van der Waals surface area contributed by atoms with Crippen molar-refractivity contribution < 1.29 is 4.79 Å². The van der Waals surface area contributed by atoms with Gasteiger partial charge in [0.25, 0.3) is 0 Å². The normalized spacial score (nSPS) is 25.4. The maximum atomic E-state index is 12.2. The van der Waals surface area contributed by atoms with Crippen molar-refractivity contribution in [3.05, 3.63) is 30.1 Å². The molecule has 0 spiro atoms. The highest BCUT2D eigenvalue weighted by Crippen LogP contribution is 2.15. The van der Waals surface area contributed by atoms with Gasteiger partial charge in [0.05, 0.1) is 5.92 Å². The zero-order valence-corrected chi connectivity index (χ0v) is 11.0. The number of hydrogen-bond acceptors (Lipinski definition) is 3. The van der Waals surface area contributed by atoms with Gasteiger partial charge >= 0.3 is 0 Å². The van der Waals surface area contributed by atoms with Crippen molar-refractivity contribution in [3.63, 3.8) is 0 Å². The fourth-order valence-corrected chi connectivity index (χ4v) is 2.37. The first-order valence-corrected chi connectivity index (χ1v) is 6.60. The number of nitrogens with one attached hydrogen (secondary N) is 2. The number of pyridine rings is 1. The Morgan fingerprint density at radius 1 is 1.61 bits per heavy atom. The van der Waals surface area contributed by atoms with Crippen LogP contribution in [-0.4, -0.2) is 29.5 Å². The van der Waals surface area contributed by atoms with E-state index in [9.17, 15) is 4.79 Å². The van der Waals surface area contributed by atoms with Gasteiger partial charge in [-0.3, -0.25) is 9.78 Å². The number of amides is 1. The number of carbonyl (C=O) groups excluding carboxylic acids is 1. The fourth-order valence-electron chi connectivity index (χ4n) is 2.37. The minimum Gasteiger partial charge on any atom is -0.353 e. The van der Waals surface area contributed by atoms with E-state index in [1.54, 1.807) is 12.4 Å². The van der Waals surface area contributed by atoms with Gasteiger partial charge in [-0.15, -0.1) is 0 Å². The summed E-state index contributed by atoms with van der Waals surface area (Å²) in [6.07, 6.45) is 5.50. The van der Waals surface area contributed by atoms with Gasteiger partial charge in [0, 0.05) is 24.5 Å². The topological polar surface area (TPSA) is 54.0 Å². The Bertz CT molecular complexity index is 393. The smallest absolute Gasteiger partial charge is 0.227 e. The molecule has 1 amide bonds. The third-order valence-corrected chi connectivity index (χ3v) is 3.55. The summed E-state index contributed by atoms with van der Waals surface area (Å²) in [6.45, 7) is 5.06. The zero-order valence-electron chi connectivity index (χ0n) is 11.0. The van der Waals surface area contributed by atoms with Crippen LogP contribution in [0.4, 0.5) is 0 Å². The van der Waals surface area contributed by atoms with Crippen LogP contribution in [0.25, 0.3) is 0 Å². The van der Waals surface area contributed by atoms with E-state index in [1.165, 1.54) is 0 Å². The highest BCUT2D eigenvalue weighted by Gasteiger charge is 2.23. The van der Waals surface area contributed by atoms with E-state index in [0.717, 1.165) is 24.9 Å². The molecule has 0 saturated carbocycles. The predicted molar refractivity (Wildman–Crippen MR) is 71.3 cm³/mol. The van der Waals surface area contributed by atoms with E-state index in [2.05, 4.69) is 22.5 Å². The van der Waals surface area contributed by atoms with Gasteiger partial charge in [-0.25, -0.2) is 0 Å². The molecule has 0 radical (unpaired) electrons. The SMILES string of the molecule is CC1CC(NC(=O)C(C)c2cccnc2)CCN1. The molecule has 2 rings (SSSR count). The average Bonchev–Trinajstić information content (AvgIpc) is 2.39. The van der Waals surface area contributed by atoms with Crippen LogP contribution in [0.3, 0.4) is 0 Å². The van der Waals surface area contributed by atoms with Gasteiger partial charge < -0.3 is 10.6 Å². The van der Waals surface area contributed by atoms with Crippen molar-refractivity contribution in [1.82, 2.24) is 15.6 Å². The Kier molecular flexibility index (Phi) is 4.31. The lowest BCUT2D eigenvalue weighted by molar-refractivity contribution is -0.123. The number of hydrogen-bond donors (Lipinski definition) is 2. The van der Waals surface area contributed by atoms with Crippen LogP contribution in [-0.2, 0) is 4.79 Å². The minimum absolute atomic E-state index is 0.0992. The van der Waals surface area contributed by atoms with E-state index >= 15 is 0 Å². The Hall–Kier alpha value is -1.42. The van der Waals surface area contributed by atoms with E-state index in [1.807, 2.05) is 19.1 Å². The van der Waals surface area contributed by atoms with Gasteiger partial charge in [0.1, 0.15) is 0 Å². The summed E-state index contributed by atoms with van der Waals surface area (Å²) in [6, 6.07) is 4.60. The van der Waals surface area contributed by atoms with Gasteiger partial charge in [-0.05, 0) is 44.9 Å². The Labute approximate surface area is 108 Å². The molecule has 4 nitrogen and oxygen atoms in total. The molecule has 98 valence electrons. The van der Waals surface area contributed by atoms with Crippen LogP contribution in [0.2, 0.25) is 0 Å². The Morgan fingerprint density at radius 3 is 3.11 bits per heavy atom. The maximum absolute atomic E-state index is 12.2. The van der Waals surface area contributed by atoms with E-state index in [4.69, 9.17) is 0 Å². The van der Waals surface area contributed by atoms with E-state index < -0.39 is 0 Å². The molecule has 1 aliphatic heterocycles. The fraction of sp³-hybridized carbons (Fsp3) is 0.571. The summed E-state index contributed by atoms with van der Waals surface area (Å²) < 4.78 is 0. The summed E-state index contributed by atoms with van der Waals surface area (Å²) in [4.78, 5) is 16.2. The highest BCUT2D eigenvalue weighted by molar-refractivity contribution is 5.83.